The third kappa shape index (κ3) is 4.86. The number of halogens is 2. The molecule has 1 saturated heterocycles. The van der Waals surface area contributed by atoms with Gasteiger partial charge in [0, 0.05) is 12.6 Å². The standard InChI is InChI=1S/C10H20F2N2O/c1-14-5-2-3-8(4-6-14)13-7-9(15)10(11)12/h8-10,13,15H,2-7H2,1H3. The van der Waals surface area contributed by atoms with E-state index in [-0.39, 0.29) is 12.6 Å². The second kappa shape index (κ2) is 6.35. The maximum absolute atomic E-state index is 12.0. The largest absolute Gasteiger partial charge is 0.386 e. The van der Waals surface area contributed by atoms with Crippen LogP contribution in [0.2, 0.25) is 0 Å². The highest BCUT2D eigenvalue weighted by atomic mass is 19.3. The predicted octanol–water partition coefficient (Wildman–Crippen LogP) is 0.686. The van der Waals surface area contributed by atoms with Crippen molar-refractivity contribution in [3.05, 3.63) is 0 Å². The molecule has 3 nitrogen and oxygen atoms in total. The van der Waals surface area contributed by atoms with Gasteiger partial charge in [-0.05, 0) is 39.4 Å². The van der Waals surface area contributed by atoms with Crippen molar-refractivity contribution in [2.75, 3.05) is 26.7 Å². The van der Waals surface area contributed by atoms with Crippen LogP contribution in [0.1, 0.15) is 19.3 Å². The first-order valence-corrected chi connectivity index (χ1v) is 5.47. The third-order valence-corrected chi connectivity index (χ3v) is 2.86. The van der Waals surface area contributed by atoms with Crippen LogP contribution in [-0.4, -0.2) is 55.3 Å². The van der Waals surface area contributed by atoms with Gasteiger partial charge in [-0.25, -0.2) is 8.78 Å². The Morgan fingerprint density at radius 2 is 2.13 bits per heavy atom. The van der Waals surface area contributed by atoms with Crippen LogP contribution in [0.3, 0.4) is 0 Å². The number of nitrogens with one attached hydrogen (secondary N) is 1. The Kier molecular flexibility index (Phi) is 5.42. The summed E-state index contributed by atoms with van der Waals surface area (Å²) < 4.78 is 24.1. The third-order valence-electron chi connectivity index (χ3n) is 2.86. The smallest absolute Gasteiger partial charge is 0.265 e. The Morgan fingerprint density at radius 1 is 1.40 bits per heavy atom. The zero-order valence-corrected chi connectivity index (χ0v) is 9.13. The molecule has 1 rings (SSSR count). The monoisotopic (exact) mass is 222 g/mol. The van der Waals surface area contributed by atoms with Gasteiger partial charge in [0.25, 0.3) is 6.43 Å². The van der Waals surface area contributed by atoms with Crippen molar-refractivity contribution in [3.8, 4) is 0 Å². The van der Waals surface area contributed by atoms with E-state index in [1.165, 1.54) is 0 Å². The van der Waals surface area contributed by atoms with E-state index in [1.807, 2.05) is 0 Å². The number of nitrogens with zero attached hydrogens (tertiary/aromatic N) is 1. The molecular weight excluding hydrogens is 202 g/mol. The zero-order chi connectivity index (χ0) is 11.3. The second-order valence-electron chi connectivity index (χ2n) is 4.24. The molecule has 0 aromatic heterocycles. The number of hydrogen-bond donors (Lipinski definition) is 2. The van der Waals surface area contributed by atoms with E-state index in [1.54, 1.807) is 0 Å². The molecule has 2 unspecified atom stereocenters. The summed E-state index contributed by atoms with van der Waals surface area (Å²) in [4.78, 5) is 2.24. The van der Waals surface area contributed by atoms with Crippen molar-refractivity contribution in [1.29, 1.82) is 0 Å². The van der Waals surface area contributed by atoms with Gasteiger partial charge in [-0.3, -0.25) is 0 Å². The first kappa shape index (κ1) is 12.8. The van der Waals surface area contributed by atoms with Gasteiger partial charge in [0.2, 0.25) is 0 Å². The lowest BCUT2D eigenvalue weighted by Crippen LogP contribution is -2.38. The zero-order valence-electron chi connectivity index (χ0n) is 9.13. The minimum Gasteiger partial charge on any atom is -0.386 e. The molecule has 0 aromatic rings. The molecule has 0 aliphatic carbocycles. The summed E-state index contributed by atoms with van der Waals surface area (Å²) in [6, 6.07) is 0.267. The summed E-state index contributed by atoms with van der Waals surface area (Å²) in [6.07, 6.45) is -1.14. The van der Waals surface area contributed by atoms with Gasteiger partial charge < -0.3 is 15.3 Å². The van der Waals surface area contributed by atoms with E-state index in [9.17, 15) is 8.78 Å². The maximum Gasteiger partial charge on any atom is 0.265 e. The van der Waals surface area contributed by atoms with Gasteiger partial charge in [-0.1, -0.05) is 0 Å². The van der Waals surface area contributed by atoms with E-state index < -0.39 is 12.5 Å². The Bertz CT molecular complexity index is 181. The molecule has 15 heavy (non-hydrogen) atoms. The lowest BCUT2D eigenvalue weighted by atomic mass is 10.1. The molecule has 0 spiro atoms. The Morgan fingerprint density at radius 3 is 2.80 bits per heavy atom. The minimum absolute atomic E-state index is 0.00789. The fourth-order valence-corrected chi connectivity index (χ4v) is 1.82. The molecule has 0 radical (unpaired) electrons. The van der Waals surface area contributed by atoms with E-state index in [4.69, 9.17) is 5.11 Å². The molecule has 1 aliphatic rings. The summed E-state index contributed by atoms with van der Waals surface area (Å²) >= 11 is 0. The van der Waals surface area contributed by atoms with Crippen LogP contribution in [0, 0.1) is 0 Å². The Labute approximate surface area is 89.5 Å². The van der Waals surface area contributed by atoms with Crippen molar-refractivity contribution < 1.29 is 13.9 Å². The van der Waals surface area contributed by atoms with Crippen molar-refractivity contribution in [1.82, 2.24) is 10.2 Å². The van der Waals surface area contributed by atoms with E-state index >= 15 is 0 Å². The van der Waals surface area contributed by atoms with Crippen LogP contribution in [0.4, 0.5) is 8.78 Å². The molecule has 1 aliphatic heterocycles. The summed E-state index contributed by atoms with van der Waals surface area (Å²) in [7, 11) is 2.07. The number of aliphatic hydroxyl groups is 1. The number of rotatable bonds is 4. The number of hydrogen-bond acceptors (Lipinski definition) is 3. The molecule has 2 atom stereocenters. The van der Waals surface area contributed by atoms with Gasteiger partial charge in [-0.15, -0.1) is 0 Å². The molecular formula is C10H20F2N2O. The fraction of sp³-hybridized carbons (Fsp3) is 1.00. The maximum atomic E-state index is 12.0. The average molecular weight is 222 g/mol. The SMILES string of the molecule is CN1CCCC(NCC(O)C(F)F)CC1. The highest BCUT2D eigenvalue weighted by Gasteiger charge is 2.19. The summed E-state index contributed by atoms with van der Waals surface area (Å²) in [5.74, 6) is 0. The summed E-state index contributed by atoms with van der Waals surface area (Å²) in [5, 5.41) is 12.0. The van der Waals surface area contributed by atoms with E-state index in [2.05, 4.69) is 17.3 Å². The average Bonchev–Trinajstić information content (AvgIpc) is 2.39. The van der Waals surface area contributed by atoms with Crippen LogP contribution in [0.15, 0.2) is 0 Å². The topological polar surface area (TPSA) is 35.5 Å². The summed E-state index contributed by atoms with van der Waals surface area (Å²) in [5.41, 5.74) is 0. The molecule has 0 amide bonds. The molecule has 5 heteroatoms. The number of aliphatic hydroxyl groups excluding tert-OH is 1. The van der Waals surface area contributed by atoms with Gasteiger partial charge >= 0.3 is 0 Å². The molecule has 0 bridgehead atoms. The quantitative estimate of drug-likeness (QED) is 0.734. The van der Waals surface area contributed by atoms with Gasteiger partial charge in [0.1, 0.15) is 6.10 Å². The predicted molar refractivity (Wildman–Crippen MR) is 55.1 cm³/mol. The molecule has 0 aromatic carbocycles. The van der Waals surface area contributed by atoms with Crippen molar-refractivity contribution in [2.45, 2.75) is 37.8 Å². The van der Waals surface area contributed by atoms with Gasteiger partial charge in [0.15, 0.2) is 0 Å². The lowest BCUT2D eigenvalue weighted by Gasteiger charge is -2.18. The minimum atomic E-state index is -2.65. The first-order chi connectivity index (χ1) is 7.09. The van der Waals surface area contributed by atoms with Crippen LogP contribution < -0.4 is 5.32 Å². The number of likely N-dealkylation sites (tertiary alicyclic amines) is 1. The van der Waals surface area contributed by atoms with E-state index in [0.29, 0.717) is 0 Å². The fourth-order valence-electron chi connectivity index (χ4n) is 1.82. The summed E-state index contributed by atoms with van der Waals surface area (Å²) in [6.45, 7) is 2.05. The van der Waals surface area contributed by atoms with Crippen molar-refractivity contribution in [3.63, 3.8) is 0 Å². The lowest BCUT2D eigenvalue weighted by molar-refractivity contribution is -0.00480. The normalized spacial score (nSPS) is 26.6. The van der Waals surface area contributed by atoms with Crippen LogP contribution in [0.25, 0.3) is 0 Å². The molecule has 2 N–H and O–H groups in total. The highest BCUT2D eigenvalue weighted by Crippen LogP contribution is 2.10. The van der Waals surface area contributed by atoms with Gasteiger partial charge in [0.05, 0.1) is 0 Å². The Hall–Kier alpha value is -0.260. The van der Waals surface area contributed by atoms with E-state index in [0.717, 1.165) is 32.4 Å². The van der Waals surface area contributed by atoms with Crippen LogP contribution in [-0.2, 0) is 0 Å². The van der Waals surface area contributed by atoms with Crippen molar-refractivity contribution in [2.24, 2.45) is 0 Å². The molecule has 0 saturated carbocycles. The van der Waals surface area contributed by atoms with Crippen molar-refractivity contribution >= 4 is 0 Å². The Balaban J connectivity index is 2.20. The molecule has 1 heterocycles. The second-order valence-corrected chi connectivity index (χ2v) is 4.24. The molecule has 1 fully saturated rings. The highest BCUT2D eigenvalue weighted by molar-refractivity contribution is 4.75. The van der Waals surface area contributed by atoms with Gasteiger partial charge in [-0.2, -0.15) is 0 Å². The van der Waals surface area contributed by atoms with Crippen LogP contribution in [0.5, 0.6) is 0 Å². The molecule has 90 valence electrons. The first-order valence-electron chi connectivity index (χ1n) is 5.47. The number of alkyl halides is 2. The van der Waals surface area contributed by atoms with Crippen LogP contribution >= 0.6 is 0 Å².